The highest BCUT2D eigenvalue weighted by molar-refractivity contribution is 5.87. The van der Waals surface area contributed by atoms with Gasteiger partial charge < -0.3 is 15.6 Å². The van der Waals surface area contributed by atoms with E-state index in [-0.39, 0.29) is 11.4 Å². The van der Waals surface area contributed by atoms with Crippen LogP contribution >= 0.6 is 0 Å². The number of nitrogens with two attached hydrogens (primary N) is 2. The summed E-state index contributed by atoms with van der Waals surface area (Å²) in [5.74, 6) is 5.20. The van der Waals surface area contributed by atoms with Crippen molar-refractivity contribution in [2.45, 2.75) is 13.8 Å². The molecule has 0 atom stereocenters. The maximum atomic E-state index is 10.8. The summed E-state index contributed by atoms with van der Waals surface area (Å²) in [7, 11) is 1.52. The van der Waals surface area contributed by atoms with Gasteiger partial charge in [-0.25, -0.2) is 10.6 Å². The first-order valence-corrected chi connectivity index (χ1v) is 5.27. The summed E-state index contributed by atoms with van der Waals surface area (Å²) in [5.41, 5.74) is 6.91. The van der Waals surface area contributed by atoms with Crippen molar-refractivity contribution >= 4 is 11.7 Å². The molecule has 5 N–H and O–H groups in total. The third-order valence-electron chi connectivity index (χ3n) is 2.58. The number of carboxylic acids is 1. The summed E-state index contributed by atoms with van der Waals surface area (Å²) in [6, 6.07) is 5.42. The number of methoxy groups -OCH3 is 1. The molecule has 0 aliphatic heterocycles. The number of benzene rings is 1. The zero-order valence-electron chi connectivity index (χ0n) is 10.6. The molecule has 0 aliphatic rings. The summed E-state index contributed by atoms with van der Waals surface area (Å²) in [5, 5.41) is 10.0. The Morgan fingerprint density at radius 3 is 2.56 bits per heavy atom. The third kappa shape index (κ3) is 2.72. The van der Waals surface area contributed by atoms with Gasteiger partial charge in [-0.3, -0.25) is 5.01 Å². The lowest BCUT2D eigenvalue weighted by Gasteiger charge is -2.22. The van der Waals surface area contributed by atoms with Crippen molar-refractivity contribution in [3.05, 3.63) is 35.2 Å². The van der Waals surface area contributed by atoms with Gasteiger partial charge in [-0.05, 0) is 31.5 Å². The molecule has 0 saturated carbocycles. The van der Waals surface area contributed by atoms with E-state index in [0.717, 1.165) is 5.56 Å². The number of aryl methyl sites for hydroxylation is 1. The number of ether oxygens (including phenoxy) is 1. The zero-order valence-corrected chi connectivity index (χ0v) is 10.6. The van der Waals surface area contributed by atoms with Crippen LogP contribution in [-0.4, -0.2) is 18.2 Å². The Labute approximate surface area is 105 Å². The summed E-state index contributed by atoms with van der Waals surface area (Å²) in [6.45, 7) is 3.43. The maximum absolute atomic E-state index is 10.8. The van der Waals surface area contributed by atoms with Crippen LogP contribution in [0, 0.1) is 6.92 Å². The summed E-state index contributed by atoms with van der Waals surface area (Å²) in [6.07, 6.45) is 0. The molecule has 0 fully saturated rings. The Balaban J connectivity index is 3.26. The van der Waals surface area contributed by atoms with Crippen LogP contribution in [0.15, 0.2) is 29.6 Å². The molecule has 0 aliphatic carbocycles. The number of rotatable bonds is 4. The van der Waals surface area contributed by atoms with Crippen LogP contribution in [0.2, 0.25) is 0 Å². The SMILES string of the molecule is COc1ccc(C)cc1N(N)/C(C)=C(\N)C(=O)O. The minimum absolute atomic E-state index is 0.242. The number of nitrogens with zero attached hydrogens (tertiary/aromatic N) is 1. The molecule has 0 spiro atoms. The molecular formula is C12H17N3O3. The van der Waals surface area contributed by atoms with Crippen molar-refractivity contribution < 1.29 is 14.6 Å². The number of carboxylic acid groups (broad SMARTS) is 1. The van der Waals surface area contributed by atoms with Gasteiger partial charge in [0.25, 0.3) is 0 Å². The van der Waals surface area contributed by atoms with E-state index in [9.17, 15) is 4.79 Å². The maximum Gasteiger partial charge on any atom is 0.353 e. The topological polar surface area (TPSA) is 102 Å². The number of hydrazine groups is 1. The van der Waals surface area contributed by atoms with E-state index < -0.39 is 5.97 Å². The van der Waals surface area contributed by atoms with Crippen molar-refractivity contribution in [3.8, 4) is 5.75 Å². The summed E-state index contributed by atoms with van der Waals surface area (Å²) < 4.78 is 5.18. The molecule has 18 heavy (non-hydrogen) atoms. The molecule has 0 aromatic heterocycles. The van der Waals surface area contributed by atoms with Crippen LogP contribution in [0.1, 0.15) is 12.5 Å². The average Bonchev–Trinajstić information content (AvgIpc) is 2.35. The monoisotopic (exact) mass is 251 g/mol. The minimum atomic E-state index is -1.21. The Bertz CT molecular complexity index is 497. The molecule has 0 unspecified atom stereocenters. The molecule has 6 heteroatoms. The first-order valence-electron chi connectivity index (χ1n) is 5.27. The molecule has 0 heterocycles. The summed E-state index contributed by atoms with van der Waals surface area (Å²) >= 11 is 0. The van der Waals surface area contributed by atoms with E-state index in [0.29, 0.717) is 11.4 Å². The molecule has 98 valence electrons. The van der Waals surface area contributed by atoms with Gasteiger partial charge in [-0.15, -0.1) is 0 Å². The van der Waals surface area contributed by atoms with E-state index in [4.69, 9.17) is 21.4 Å². The van der Waals surface area contributed by atoms with E-state index in [1.54, 1.807) is 12.1 Å². The molecule has 1 aromatic rings. The number of anilines is 1. The molecule has 6 nitrogen and oxygen atoms in total. The fourth-order valence-corrected chi connectivity index (χ4v) is 1.45. The van der Waals surface area contributed by atoms with Gasteiger partial charge in [0.05, 0.1) is 18.5 Å². The first-order chi connectivity index (χ1) is 8.38. The fourth-order valence-electron chi connectivity index (χ4n) is 1.45. The molecule has 0 bridgehead atoms. The van der Waals surface area contributed by atoms with Crippen LogP contribution < -0.4 is 21.3 Å². The second kappa shape index (κ2) is 5.42. The second-order valence-corrected chi connectivity index (χ2v) is 3.85. The van der Waals surface area contributed by atoms with Crippen molar-refractivity contribution in [3.63, 3.8) is 0 Å². The Morgan fingerprint density at radius 1 is 1.44 bits per heavy atom. The normalized spacial score (nSPS) is 11.8. The highest BCUT2D eigenvalue weighted by Gasteiger charge is 2.15. The quantitative estimate of drug-likeness (QED) is 0.418. The average molecular weight is 251 g/mol. The van der Waals surface area contributed by atoms with E-state index >= 15 is 0 Å². The zero-order chi connectivity index (χ0) is 13.9. The number of allylic oxidation sites excluding steroid dienone is 1. The molecule has 0 amide bonds. The predicted molar refractivity (Wildman–Crippen MR) is 68.9 cm³/mol. The van der Waals surface area contributed by atoms with E-state index in [1.165, 1.54) is 19.0 Å². The van der Waals surface area contributed by atoms with Crippen LogP contribution in [-0.2, 0) is 4.79 Å². The predicted octanol–water partition coefficient (Wildman–Crippen LogP) is 0.959. The summed E-state index contributed by atoms with van der Waals surface area (Å²) in [4.78, 5) is 10.8. The van der Waals surface area contributed by atoms with Gasteiger partial charge in [0.2, 0.25) is 0 Å². The van der Waals surface area contributed by atoms with Crippen LogP contribution in [0.5, 0.6) is 5.75 Å². The Kier molecular flexibility index (Phi) is 4.17. The van der Waals surface area contributed by atoms with Crippen LogP contribution in [0.4, 0.5) is 5.69 Å². The lowest BCUT2D eigenvalue weighted by Crippen LogP contribution is -2.33. The van der Waals surface area contributed by atoms with Crippen molar-refractivity contribution in [1.29, 1.82) is 0 Å². The largest absolute Gasteiger partial charge is 0.495 e. The molecule has 0 radical (unpaired) electrons. The molecule has 1 aromatic carbocycles. The molecular weight excluding hydrogens is 234 g/mol. The Hall–Kier alpha value is -2.21. The van der Waals surface area contributed by atoms with Crippen molar-refractivity contribution in [2.24, 2.45) is 11.6 Å². The molecule has 1 rings (SSSR count). The Morgan fingerprint density at radius 2 is 2.06 bits per heavy atom. The second-order valence-electron chi connectivity index (χ2n) is 3.85. The number of carbonyl (C=O) groups is 1. The van der Waals surface area contributed by atoms with Crippen molar-refractivity contribution in [1.82, 2.24) is 0 Å². The highest BCUT2D eigenvalue weighted by atomic mass is 16.5. The van der Waals surface area contributed by atoms with Gasteiger partial charge in [-0.1, -0.05) is 6.07 Å². The van der Waals surface area contributed by atoms with E-state index in [2.05, 4.69) is 0 Å². The standard InChI is InChI=1S/C12H17N3O3/c1-7-4-5-10(18-3)9(6-7)15(14)8(2)11(13)12(16)17/h4-6H,13-14H2,1-3H3,(H,16,17)/b11-8-. The number of hydrogen-bond acceptors (Lipinski definition) is 5. The first kappa shape index (κ1) is 13.9. The number of hydrogen-bond donors (Lipinski definition) is 3. The van der Waals surface area contributed by atoms with Gasteiger partial charge in [0.1, 0.15) is 11.4 Å². The highest BCUT2D eigenvalue weighted by Crippen LogP contribution is 2.29. The van der Waals surface area contributed by atoms with Crippen LogP contribution in [0.3, 0.4) is 0 Å². The van der Waals surface area contributed by atoms with E-state index in [1.807, 2.05) is 13.0 Å². The number of aliphatic carboxylic acids is 1. The van der Waals surface area contributed by atoms with Gasteiger partial charge in [0, 0.05) is 0 Å². The smallest absolute Gasteiger partial charge is 0.353 e. The van der Waals surface area contributed by atoms with Crippen LogP contribution in [0.25, 0.3) is 0 Å². The third-order valence-corrected chi connectivity index (χ3v) is 2.58. The van der Waals surface area contributed by atoms with Gasteiger partial charge in [0.15, 0.2) is 0 Å². The van der Waals surface area contributed by atoms with Gasteiger partial charge in [-0.2, -0.15) is 0 Å². The minimum Gasteiger partial charge on any atom is -0.495 e. The lowest BCUT2D eigenvalue weighted by atomic mass is 10.2. The van der Waals surface area contributed by atoms with Crippen molar-refractivity contribution in [2.75, 3.05) is 12.1 Å². The lowest BCUT2D eigenvalue weighted by molar-refractivity contribution is -0.132. The fraction of sp³-hybridized carbons (Fsp3) is 0.250. The van der Waals surface area contributed by atoms with Gasteiger partial charge >= 0.3 is 5.97 Å². The molecule has 0 saturated heterocycles.